The monoisotopic (exact) mass is 331 g/mol. The molecule has 1 fully saturated rings. The number of carbonyl (C=O) groups excluding carboxylic acids is 3. The SMILES string of the molecule is CC(=O)OCC1O[C@@H](O)C(N=[N+]=[N-])C(OC(C)=O)[C@@H]1OC(C)=O. The Morgan fingerprint density at radius 2 is 1.70 bits per heavy atom. The summed E-state index contributed by atoms with van der Waals surface area (Å²) in [5, 5.41) is 13.2. The van der Waals surface area contributed by atoms with Crippen molar-refractivity contribution in [3.05, 3.63) is 10.4 Å². The lowest BCUT2D eigenvalue weighted by molar-refractivity contribution is -0.260. The fourth-order valence-electron chi connectivity index (χ4n) is 2.08. The van der Waals surface area contributed by atoms with Gasteiger partial charge in [0.15, 0.2) is 18.5 Å². The first-order chi connectivity index (χ1) is 10.8. The average Bonchev–Trinajstić information content (AvgIpc) is 2.42. The summed E-state index contributed by atoms with van der Waals surface area (Å²) in [5.41, 5.74) is 8.57. The molecule has 0 bridgehead atoms. The molecule has 128 valence electrons. The van der Waals surface area contributed by atoms with Crippen LogP contribution < -0.4 is 0 Å². The van der Waals surface area contributed by atoms with Gasteiger partial charge >= 0.3 is 17.9 Å². The van der Waals surface area contributed by atoms with Gasteiger partial charge in [-0.1, -0.05) is 5.11 Å². The molecular formula is C12H17N3O8. The molecule has 1 aliphatic rings. The van der Waals surface area contributed by atoms with E-state index in [-0.39, 0.29) is 6.61 Å². The molecule has 1 N–H and O–H groups in total. The van der Waals surface area contributed by atoms with Gasteiger partial charge in [-0.05, 0) is 5.53 Å². The first-order valence-corrected chi connectivity index (χ1v) is 6.61. The zero-order valence-electron chi connectivity index (χ0n) is 12.7. The van der Waals surface area contributed by atoms with Crippen molar-refractivity contribution in [1.29, 1.82) is 0 Å². The van der Waals surface area contributed by atoms with Gasteiger partial charge in [-0.2, -0.15) is 0 Å². The molecule has 0 saturated carbocycles. The predicted octanol–water partition coefficient (Wildman–Crippen LogP) is -0.191. The molecule has 0 amide bonds. The molecule has 11 heteroatoms. The lowest BCUT2D eigenvalue weighted by Crippen LogP contribution is -2.60. The Balaban J connectivity index is 3.11. The van der Waals surface area contributed by atoms with E-state index in [2.05, 4.69) is 10.0 Å². The number of ether oxygens (including phenoxy) is 4. The van der Waals surface area contributed by atoms with Crippen molar-refractivity contribution >= 4 is 17.9 Å². The first kappa shape index (κ1) is 18.7. The number of nitrogens with zero attached hydrogens (tertiary/aromatic N) is 3. The number of carbonyl (C=O) groups is 3. The molecule has 1 aliphatic heterocycles. The van der Waals surface area contributed by atoms with Crippen LogP contribution in [0.5, 0.6) is 0 Å². The molecule has 1 rings (SSSR count). The molecule has 11 nitrogen and oxygen atoms in total. The van der Waals surface area contributed by atoms with E-state index in [1.807, 2.05) is 0 Å². The highest BCUT2D eigenvalue weighted by Crippen LogP contribution is 2.28. The summed E-state index contributed by atoms with van der Waals surface area (Å²) in [6.45, 7) is 3.01. The highest BCUT2D eigenvalue weighted by atomic mass is 16.7. The second-order valence-corrected chi connectivity index (χ2v) is 4.71. The third-order valence-electron chi connectivity index (χ3n) is 2.87. The fourth-order valence-corrected chi connectivity index (χ4v) is 2.08. The molecule has 0 radical (unpaired) electrons. The minimum absolute atomic E-state index is 0.356. The van der Waals surface area contributed by atoms with Crippen LogP contribution in [0.15, 0.2) is 5.11 Å². The van der Waals surface area contributed by atoms with E-state index in [0.717, 1.165) is 20.8 Å². The van der Waals surface area contributed by atoms with E-state index in [1.165, 1.54) is 0 Å². The van der Waals surface area contributed by atoms with Gasteiger partial charge in [0.05, 0.1) is 0 Å². The Labute approximate surface area is 131 Å². The van der Waals surface area contributed by atoms with Crippen LogP contribution in [-0.2, 0) is 33.3 Å². The molecule has 1 saturated heterocycles. The van der Waals surface area contributed by atoms with Crippen LogP contribution in [0, 0.1) is 0 Å². The third-order valence-corrected chi connectivity index (χ3v) is 2.87. The summed E-state index contributed by atoms with van der Waals surface area (Å²) in [5.74, 6) is -2.09. The quantitative estimate of drug-likeness (QED) is 0.239. The lowest BCUT2D eigenvalue weighted by atomic mass is 9.97. The van der Waals surface area contributed by atoms with E-state index in [1.54, 1.807) is 0 Å². The molecule has 0 aliphatic carbocycles. The highest BCUT2D eigenvalue weighted by molar-refractivity contribution is 5.67. The zero-order chi connectivity index (χ0) is 17.6. The van der Waals surface area contributed by atoms with Crippen LogP contribution in [-0.4, -0.2) is 60.3 Å². The van der Waals surface area contributed by atoms with E-state index < -0.39 is 48.6 Å². The van der Waals surface area contributed by atoms with Crippen molar-refractivity contribution in [1.82, 2.24) is 0 Å². The minimum atomic E-state index is -1.64. The summed E-state index contributed by atoms with van der Waals surface area (Å²) in [7, 11) is 0. The normalized spacial score (nSPS) is 29.8. The van der Waals surface area contributed by atoms with Gasteiger partial charge in [0, 0.05) is 25.7 Å². The highest BCUT2D eigenvalue weighted by Gasteiger charge is 2.49. The van der Waals surface area contributed by atoms with Crippen LogP contribution in [0.3, 0.4) is 0 Å². The molecular weight excluding hydrogens is 314 g/mol. The Morgan fingerprint density at radius 3 is 2.17 bits per heavy atom. The Hall–Kier alpha value is -2.36. The summed E-state index contributed by atoms with van der Waals surface area (Å²) < 4.78 is 20.0. The standard InChI is InChI=1S/C12H17N3O8/c1-5(16)20-4-8-10(21-6(2)17)11(22-7(3)18)9(14-15-13)12(19)23-8/h8-12,19H,4H2,1-3H3/t8?,9?,10-,11?,12-/m1/s1. The van der Waals surface area contributed by atoms with Gasteiger partial charge in [0.25, 0.3) is 0 Å². The van der Waals surface area contributed by atoms with E-state index in [0.29, 0.717) is 0 Å². The predicted molar refractivity (Wildman–Crippen MR) is 71.6 cm³/mol. The number of hydrogen-bond donors (Lipinski definition) is 1. The van der Waals surface area contributed by atoms with Gasteiger partial charge in [-0.25, -0.2) is 0 Å². The number of esters is 3. The van der Waals surface area contributed by atoms with Crippen LogP contribution in [0.1, 0.15) is 20.8 Å². The number of aliphatic hydroxyl groups is 1. The number of azide groups is 1. The smallest absolute Gasteiger partial charge is 0.303 e. The fraction of sp³-hybridized carbons (Fsp3) is 0.750. The first-order valence-electron chi connectivity index (χ1n) is 6.61. The summed E-state index contributed by atoms with van der Waals surface area (Å²) in [6, 6.07) is -1.33. The van der Waals surface area contributed by atoms with Gasteiger partial charge < -0.3 is 24.1 Å². The summed E-state index contributed by atoms with van der Waals surface area (Å²) in [6.07, 6.45) is -5.26. The maximum absolute atomic E-state index is 11.3. The van der Waals surface area contributed by atoms with Crippen molar-refractivity contribution in [3.63, 3.8) is 0 Å². The Kier molecular flexibility index (Phi) is 6.76. The zero-order valence-corrected chi connectivity index (χ0v) is 12.7. The van der Waals surface area contributed by atoms with Crippen molar-refractivity contribution in [2.45, 2.75) is 51.4 Å². The second kappa shape index (κ2) is 8.32. The van der Waals surface area contributed by atoms with Crippen molar-refractivity contribution in [2.75, 3.05) is 6.61 Å². The van der Waals surface area contributed by atoms with E-state index >= 15 is 0 Å². The van der Waals surface area contributed by atoms with Gasteiger partial charge in [-0.15, -0.1) is 0 Å². The number of hydrogen-bond acceptors (Lipinski definition) is 9. The molecule has 1 heterocycles. The van der Waals surface area contributed by atoms with Crippen molar-refractivity contribution in [2.24, 2.45) is 5.11 Å². The molecule has 0 aromatic heterocycles. The van der Waals surface area contributed by atoms with E-state index in [9.17, 15) is 19.5 Å². The van der Waals surface area contributed by atoms with Crippen molar-refractivity contribution in [3.8, 4) is 0 Å². The molecule has 23 heavy (non-hydrogen) atoms. The molecule has 0 spiro atoms. The van der Waals surface area contributed by atoms with Crippen LogP contribution in [0.25, 0.3) is 10.4 Å². The molecule has 3 unspecified atom stereocenters. The Morgan fingerprint density at radius 1 is 1.13 bits per heavy atom. The van der Waals surface area contributed by atoms with Crippen LogP contribution in [0.4, 0.5) is 0 Å². The summed E-state index contributed by atoms with van der Waals surface area (Å²) >= 11 is 0. The van der Waals surface area contributed by atoms with Gasteiger partial charge in [0.1, 0.15) is 18.8 Å². The van der Waals surface area contributed by atoms with Crippen LogP contribution in [0.2, 0.25) is 0 Å². The number of rotatable bonds is 5. The number of aliphatic hydroxyl groups excluding tert-OH is 1. The van der Waals surface area contributed by atoms with Gasteiger partial charge in [0.2, 0.25) is 0 Å². The molecule has 0 aromatic rings. The lowest BCUT2D eigenvalue weighted by Gasteiger charge is -2.41. The summed E-state index contributed by atoms with van der Waals surface area (Å²) in [4.78, 5) is 36.0. The van der Waals surface area contributed by atoms with Crippen LogP contribution >= 0.6 is 0 Å². The topological polar surface area (TPSA) is 157 Å². The Bertz CT molecular complexity index is 518. The third kappa shape index (κ3) is 5.40. The maximum Gasteiger partial charge on any atom is 0.303 e. The molecule has 5 atom stereocenters. The second-order valence-electron chi connectivity index (χ2n) is 4.71. The minimum Gasteiger partial charge on any atom is -0.463 e. The van der Waals surface area contributed by atoms with Crippen molar-refractivity contribution < 1.29 is 38.4 Å². The average molecular weight is 331 g/mol. The largest absolute Gasteiger partial charge is 0.463 e. The molecule has 0 aromatic carbocycles. The maximum atomic E-state index is 11.3. The van der Waals surface area contributed by atoms with E-state index in [4.69, 9.17) is 24.5 Å². The van der Waals surface area contributed by atoms with Gasteiger partial charge in [-0.3, -0.25) is 14.4 Å².